The third-order valence-electron chi connectivity index (χ3n) is 1.85. The van der Waals surface area contributed by atoms with Gasteiger partial charge in [0.05, 0.1) is 13.3 Å². The van der Waals surface area contributed by atoms with Crippen LogP contribution in [0.15, 0.2) is 18.5 Å². The first-order valence-corrected chi connectivity index (χ1v) is 3.90. The summed E-state index contributed by atoms with van der Waals surface area (Å²) in [5, 5.41) is 9.70. The predicted molar refractivity (Wildman–Crippen MR) is 45.8 cm³/mol. The Morgan fingerprint density at radius 2 is 2.29 bits per heavy atom. The zero-order valence-corrected chi connectivity index (χ0v) is 7.82. The average molecular weight is 199 g/mol. The molecule has 0 radical (unpaired) electrons. The molecule has 0 spiro atoms. The molecular weight excluding hydrogens is 189 g/mol. The molecule has 0 amide bonds. The Morgan fingerprint density at radius 3 is 2.79 bits per heavy atom. The molecule has 5 heteroatoms. The smallest absolute Gasteiger partial charge is 0.342 e. The van der Waals surface area contributed by atoms with Crippen LogP contribution in [0.3, 0.4) is 0 Å². The van der Waals surface area contributed by atoms with Crippen LogP contribution >= 0.6 is 0 Å². The van der Waals surface area contributed by atoms with Crippen molar-refractivity contribution in [3.8, 4) is 0 Å². The van der Waals surface area contributed by atoms with Gasteiger partial charge in [0.15, 0.2) is 5.60 Å². The van der Waals surface area contributed by atoms with E-state index in [2.05, 4.69) is 9.72 Å². The van der Waals surface area contributed by atoms with Gasteiger partial charge in [-0.15, -0.1) is 0 Å². The Labute approximate surface area is 80.3 Å². The Kier molecular flexibility index (Phi) is 2.81. The highest BCUT2D eigenvalue weighted by atomic mass is 19.1. The van der Waals surface area contributed by atoms with Gasteiger partial charge in [-0.05, 0) is 13.0 Å². The SMILES string of the molecule is COC(=O)C(C)(O)c1cncc(F)c1. The van der Waals surface area contributed by atoms with Crippen molar-refractivity contribution in [3.05, 3.63) is 29.8 Å². The van der Waals surface area contributed by atoms with Gasteiger partial charge >= 0.3 is 5.97 Å². The summed E-state index contributed by atoms with van der Waals surface area (Å²) in [6.45, 7) is 1.22. The second-order valence-electron chi connectivity index (χ2n) is 2.96. The fourth-order valence-corrected chi connectivity index (χ4v) is 0.995. The van der Waals surface area contributed by atoms with Gasteiger partial charge in [-0.2, -0.15) is 0 Å². The zero-order valence-electron chi connectivity index (χ0n) is 7.82. The van der Waals surface area contributed by atoms with Crippen LogP contribution in [0, 0.1) is 5.82 Å². The van der Waals surface area contributed by atoms with Crippen LogP contribution in [-0.2, 0) is 15.1 Å². The number of carbonyl (C=O) groups is 1. The van der Waals surface area contributed by atoms with Gasteiger partial charge < -0.3 is 9.84 Å². The first kappa shape index (κ1) is 10.6. The van der Waals surface area contributed by atoms with Crippen LogP contribution in [0.4, 0.5) is 4.39 Å². The van der Waals surface area contributed by atoms with Crippen molar-refractivity contribution in [2.75, 3.05) is 7.11 Å². The van der Waals surface area contributed by atoms with Crippen LogP contribution in [0.25, 0.3) is 0 Å². The van der Waals surface area contributed by atoms with Crippen molar-refractivity contribution in [3.63, 3.8) is 0 Å². The van der Waals surface area contributed by atoms with Crippen molar-refractivity contribution >= 4 is 5.97 Å². The lowest BCUT2D eigenvalue weighted by Gasteiger charge is -2.19. The minimum atomic E-state index is -1.87. The van der Waals surface area contributed by atoms with Crippen LogP contribution < -0.4 is 0 Å². The van der Waals surface area contributed by atoms with Crippen LogP contribution in [-0.4, -0.2) is 23.2 Å². The number of halogens is 1. The maximum absolute atomic E-state index is 12.7. The summed E-state index contributed by atoms with van der Waals surface area (Å²) in [5.41, 5.74) is -1.81. The third kappa shape index (κ3) is 1.88. The van der Waals surface area contributed by atoms with Gasteiger partial charge in [0.2, 0.25) is 0 Å². The number of aromatic nitrogens is 1. The molecule has 0 saturated heterocycles. The van der Waals surface area contributed by atoms with Crippen LogP contribution in [0.1, 0.15) is 12.5 Å². The summed E-state index contributed by atoms with van der Waals surface area (Å²) in [4.78, 5) is 14.6. The topological polar surface area (TPSA) is 59.4 Å². The molecule has 4 nitrogen and oxygen atoms in total. The van der Waals surface area contributed by atoms with Crippen LogP contribution in [0.5, 0.6) is 0 Å². The number of pyridine rings is 1. The Morgan fingerprint density at radius 1 is 1.64 bits per heavy atom. The number of methoxy groups -OCH3 is 1. The molecule has 76 valence electrons. The molecule has 0 aliphatic heterocycles. The first-order chi connectivity index (χ1) is 6.48. The fourth-order valence-electron chi connectivity index (χ4n) is 0.995. The zero-order chi connectivity index (χ0) is 10.8. The molecule has 0 fully saturated rings. The number of aliphatic hydroxyl groups is 1. The molecule has 0 aliphatic rings. The van der Waals surface area contributed by atoms with E-state index in [-0.39, 0.29) is 5.56 Å². The van der Waals surface area contributed by atoms with Gasteiger partial charge in [-0.25, -0.2) is 9.18 Å². The van der Waals surface area contributed by atoms with E-state index in [1.807, 2.05) is 0 Å². The molecule has 1 aromatic heterocycles. The number of nitrogens with zero attached hydrogens (tertiary/aromatic N) is 1. The first-order valence-electron chi connectivity index (χ1n) is 3.90. The lowest BCUT2D eigenvalue weighted by molar-refractivity contribution is -0.161. The third-order valence-corrected chi connectivity index (χ3v) is 1.85. The number of rotatable bonds is 2. The second-order valence-corrected chi connectivity index (χ2v) is 2.96. The number of esters is 1. The number of hydrogen-bond acceptors (Lipinski definition) is 4. The van der Waals surface area contributed by atoms with Crippen molar-refractivity contribution < 1.29 is 19.0 Å². The molecule has 0 aromatic carbocycles. The minimum absolute atomic E-state index is 0.0596. The van der Waals surface area contributed by atoms with E-state index in [9.17, 15) is 14.3 Å². The Bertz CT molecular complexity index is 352. The molecule has 0 bridgehead atoms. The highest BCUT2D eigenvalue weighted by Gasteiger charge is 2.34. The minimum Gasteiger partial charge on any atom is -0.467 e. The van der Waals surface area contributed by atoms with Crippen molar-refractivity contribution in [1.29, 1.82) is 0 Å². The van der Waals surface area contributed by atoms with Gasteiger partial charge in [-0.3, -0.25) is 4.98 Å². The summed E-state index contributed by atoms with van der Waals surface area (Å²) in [7, 11) is 1.14. The maximum Gasteiger partial charge on any atom is 0.342 e. The molecule has 0 aliphatic carbocycles. The van der Waals surface area contributed by atoms with Gasteiger partial charge in [0.25, 0.3) is 0 Å². The second kappa shape index (κ2) is 3.71. The van der Waals surface area contributed by atoms with E-state index >= 15 is 0 Å². The Hall–Kier alpha value is -1.49. The normalized spacial score (nSPS) is 14.6. The molecule has 0 saturated carbocycles. The molecular formula is C9H10FNO3. The molecule has 1 atom stereocenters. The summed E-state index contributed by atoms with van der Waals surface area (Å²) < 4.78 is 17.1. The highest BCUT2D eigenvalue weighted by Crippen LogP contribution is 2.21. The largest absolute Gasteiger partial charge is 0.467 e. The number of ether oxygens (including phenoxy) is 1. The molecule has 1 rings (SSSR count). The van der Waals surface area contributed by atoms with Gasteiger partial charge in [-0.1, -0.05) is 0 Å². The van der Waals surface area contributed by atoms with E-state index < -0.39 is 17.4 Å². The summed E-state index contributed by atoms with van der Waals surface area (Å²) in [6, 6.07) is 1.03. The maximum atomic E-state index is 12.7. The summed E-state index contributed by atoms with van der Waals surface area (Å²) in [6.07, 6.45) is 2.19. The number of carbonyl (C=O) groups excluding carboxylic acids is 1. The van der Waals surface area contributed by atoms with E-state index in [1.54, 1.807) is 0 Å². The molecule has 1 unspecified atom stereocenters. The van der Waals surface area contributed by atoms with Crippen LogP contribution in [0.2, 0.25) is 0 Å². The van der Waals surface area contributed by atoms with E-state index in [0.717, 1.165) is 19.4 Å². The summed E-state index contributed by atoms with van der Waals surface area (Å²) in [5.74, 6) is -1.48. The highest BCUT2D eigenvalue weighted by molar-refractivity contribution is 5.80. The van der Waals surface area contributed by atoms with E-state index in [0.29, 0.717) is 0 Å². The van der Waals surface area contributed by atoms with Gasteiger partial charge in [0.1, 0.15) is 5.82 Å². The van der Waals surface area contributed by atoms with Crippen molar-refractivity contribution in [2.24, 2.45) is 0 Å². The van der Waals surface area contributed by atoms with E-state index in [1.165, 1.54) is 13.1 Å². The van der Waals surface area contributed by atoms with Crippen molar-refractivity contribution in [2.45, 2.75) is 12.5 Å². The number of hydrogen-bond donors (Lipinski definition) is 1. The quantitative estimate of drug-likeness (QED) is 0.708. The van der Waals surface area contributed by atoms with Crippen molar-refractivity contribution in [1.82, 2.24) is 4.98 Å². The average Bonchev–Trinajstić information content (AvgIpc) is 2.16. The Balaban J connectivity index is 3.09. The molecule has 1 N–H and O–H groups in total. The summed E-state index contributed by atoms with van der Waals surface area (Å²) >= 11 is 0. The fraction of sp³-hybridized carbons (Fsp3) is 0.333. The van der Waals surface area contributed by atoms with Gasteiger partial charge in [0, 0.05) is 11.8 Å². The lowest BCUT2D eigenvalue weighted by atomic mass is 9.98. The predicted octanol–water partition coefficient (Wildman–Crippen LogP) is 0.601. The molecule has 1 aromatic rings. The molecule has 14 heavy (non-hydrogen) atoms. The monoisotopic (exact) mass is 199 g/mol. The lowest BCUT2D eigenvalue weighted by Crippen LogP contribution is -2.33. The standard InChI is InChI=1S/C9H10FNO3/c1-9(13,8(12)14-2)6-3-7(10)5-11-4-6/h3-5,13H,1-2H3. The van der Waals surface area contributed by atoms with E-state index in [4.69, 9.17) is 0 Å². The molecule has 1 heterocycles.